The molecule has 0 unspecified atom stereocenters. The summed E-state index contributed by atoms with van der Waals surface area (Å²) in [6, 6.07) is 3.16. The zero-order valence-corrected chi connectivity index (χ0v) is 10.3. The highest BCUT2D eigenvalue weighted by atomic mass is 127. The Morgan fingerprint density at radius 1 is 1.54 bits per heavy atom. The molecule has 13 heavy (non-hydrogen) atoms. The molecule has 5 heteroatoms. The minimum Gasteiger partial charge on any atom is -0.496 e. The van der Waals surface area contributed by atoms with Gasteiger partial charge in [0.2, 0.25) is 0 Å². The number of ether oxygens (including phenoxy) is 1. The van der Waals surface area contributed by atoms with Gasteiger partial charge in [-0.25, -0.2) is 0 Å². The molecule has 1 rings (SSSR count). The van der Waals surface area contributed by atoms with Gasteiger partial charge in [0.05, 0.1) is 21.3 Å². The highest BCUT2D eigenvalue weighted by Crippen LogP contribution is 2.29. The van der Waals surface area contributed by atoms with E-state index < -0.39 is 5.24 Å². The fourth-order valence-corrected chi connectivity index (χ4v) is 1.97. The SMILES string of the molecule is COc1cc(Cl)c(C(=O)Cl)cc1I. The molecule has 0 spiro atoms. The first-order valence-electron chi connectivity index (χ1n) is 3.29. The summed E-state index contributed by atoms with van der Waals surface area (Å²) in [4.78, 5) is 10.9. The van der Waals surface area contributed by atoms with Gasteiger partial charge < -0.3 is 4.74 Å². The van der Waals surface area contributed by atoms with E-state index >= 15 is 0 Å². The highest BCUT2D eigenvalue weighted by molar-refractivity contribution is 14.1. The summed E-state index contributed by atoms with van der Waals surface area (Å²) in [6.07, 6.45) is 0. The summed E-state index contributed by atoms with van der Waals surface area (Å²) in [5, 5.41) is -0.261. The standard InChI is InChI=1S/C8H5Cl2IO2/c1-13-7-3-5(9)4(8(10)12)2-6(7)11/h2-3H,1H3. The first-order chi connectivity index (χ1) is 6.06. The molecule has 2 nitrogen and oxygen atoms in total. The Kier molecular flexibility index (Phi) is 3.82. The molecular weight excluding hydrogens is 326 g/mol. The molecule has 0 aliphatic carbocycles. The van der Waals surface area contributed by atoms with E-state index in [1.54, 1.807) is 12.1 Å². The quantitative estimate of drug-likeness (QED) is 0.614. The van der Waals surface area contributed by atoms with Gasteiger partial charge in [-0.2, -0.15) is 0 Å². The second-order valence-electron chi connectivity index (χ2n) is 2.24. The van der Waals surface area contributed by atoms with Crippen LogP contribution in [0.25, 0.3) is 0 Å². The Hall–Kier alpha value is -0.000000000000000111. The molecule has 0 saturated carbocycles. The number of rotatable bonds is 2. The molecule has 70 valence electrons. The average Bonchev–Trinajstić information content (AvgIpc) is 2.07. The molecule has 0 radical (unpaired) electrons. The number of benzene rings is 1. The van der Waals surface area contributed by atoms with Gasteiger partial charge in [0.15, 0.2) is 0 Å². The number of hydrogen-bond acceptors (Lipinski definition) is 2. The first-order valence-corrected chi connectivity index (χ1v) is 5.12. The molecule has 0 aliphatic heterocycles. The molecule has 1 aromatic rings. The normalized spacial score (nSPS) is 9.85. The molecule has 0 bridgehead atoms. The molecule has 0 atom stereocenters. The summed E-state index contributed by atoms with van der Waals surface area (Å²) in [7, 11) is 1.54. The zero-order valence-electron chi connectivity index (χ0n) is 6.61. The largest absolute Gasteiger partial charge is 0.496 e. The fourth-order valence-electron chi connectivity index (χ4n) is 0.836. The minimum atomic E-state index is -0.564. The predicted molar refractivity (Wildman–Crippen MR) is 60.9 cm³/mol. The molecule has 0 fully saturated rings. The van der Waals surface area contributed by atoms with Crippen LogP contribution in [0.2, 0.25) is 5.02 Å². The van der Waals surface area contributed by atoms with Crippen LogP contribution in [0.5, 0.6) is 5.75 Å². The van der Waals surface area contributed by atoms with Crippen LogP contribution in [0.4, 0.5) is 0 Å². The van der Waals surface area contributed by atoms with Gasteiger partial charge in [0.25, 0.3) is 5.24 Å². The van der Waals surface area contributed by atoms with Crippen LogP contribution < -0.4 is 4.74 Å². The lowest BCUT2D eigenvalue weighted by Gasteiger charge is -2.05. The van der Waals surface area contributed by atoms with Crippen LogP contribution >= 0.6 is 45.8 Å². The zero-order chi connectivity index (χ0) is 10.0. The van der Waals surface area contributed by atoms with E-state index in [1.807, 2.05) is 22.6 Å². The van der Waals surface area contributed by atoms with Crippen LogP contribution in [-0.4, -0.2) is 12.4 Å². The third-order valence-electron chi connectivity index (χ3n) is 1.45. The van der Waals surface area contributed by atoms with Crippen LogP contribution in [-0.2, 0) is 0 Å². The van der Waals surface area contributed by atoms with E-state index in [0.717, 1.165) is 3.57 Å². The van der Waals surface area contributed by atoms with Gasteiger partial charge >= 0.3 is 0 Å². The van der Waals surface area contributed by atoms with Gasteiger partial charge in [-0.05, 0) is 40.3 Å². The minimum absolute atomic E-state index is 0.300. The Balaban J connectivity index is 3.28. The van der Waals surface area contributed by atoms with E-state index in [2.05, 4.69) is 0 Å². The van der Waals surface area contributed by atoms with Gasteiger partial charge in [-0.15, -0.1) is 0 Å². The van der Waals surface area contributed by atoms with E-state index in [9.17, 15) is 4.79 Å². The molecule has 0 aromatic heterocycles. The van der Waals surface area contributed by atoms with E-state index in [0.29, 0.717) is 16.3 Å². The number of carbonyl (C=O) groups is 1. The third kappa shape index (κ3) is 2.48. The summed E-state index contributed by atoms with van der Waals surface area (Å²) < 4.78 is 5.81. The van der Waals surface area contributed by atoms with Crippen molar-refractivity contribution >= 4 is 51.0 Å². The van der Waals surface area contributed by atoms with Crippen LogP contribution in [0, 0.1) is 3.57 Å². The second-order valence-corrected chi connectivity index (χ2v) is 4.15. The fraction of sp³-hybridized carbons (Fsp3) is 0.125. The van der Waals surface area contributed by atoms with E-state index in [4.69, 9.17) is 27.9 Å². The first kappa shape index (κ1) is 11.1. The van der Waals surface area contributed by atoms with Crippen molar-refractivity contribution in [2.45, 2.75) is 0 Å². The van der Waals surface area contributed by atoms with Gasteiger partial charge in [0, 0.05) is 6.07 Å². The topological polar surface area (TPSA) is 26.3 Å². The average molecular weight is 331 g/mol. The maximum atomic E-state index is 10.9. The lowest BCUT2D eigenvalue weighted by Crippen LogP contribution is -1.94. The van der Waals surface area contributed by atoms with Gasteiger partial charge in [0.1, 0.15) is 5.75 Å². The number of carbonyl (C=O) groups excluding carboxylic acids is 1. The monoisotopic (exact) mass is 330 g/mol. The summed E-state index contributed by atoms with van der Waals surface area (Å²) in [5.74, 6) is 0.632. The lowest BCUT2D eigenvalue weighted by atomic mass is 10.2. The van der Waals surface area contributed by atoms with Crippen LogP contribution in [0.3, 0.4) is 0 Å². The van der Waals surface area contributed by atoms with Crippen LogP contribution in [0.1, 0.15) is 10.4 Å². The van der Waals surface area contributed by atoms with Crippen molar-refractivity contribution in [1.82, 2.24) is 0 Å². The van der Waals surface area contributed by atoms with Crippen molar-refractivity contribution in [2.24, 2.45) is 0 Å². The lowest BCUT2D eigenvalue weighted by molar-refractivity contribution is 0.108. The molecule has 0 N–H and O–H groups in total. The third-order valence-corrected chi connectivity index (χ3v) is 2.81. The molecule has 0 heterocycles. The number of methoxy groups -OCH3 is 1. The Bertz CT molecular complexity index is 352. The maximum absolute atomic E-state index is 10.9. The van der Waals surface area contributed by atoms with Crippen molar-refractivity contribution in [1.29, 1.82) is 0 Å². The van der Waals surface area contributed by atoms with Crippen molar-refractivity contribution in [3.8, 4) is 5.75 Å². The van der Waals surface area contributed by atoms with Crippen molar-refractivity contribution in [2.75, 3.05) is 7.11 Å². The van der Waals surface area contributed by atoms with Crippen molar-refractivity contribution in [3.63, 3.8) is 0 Å². The molecule has 1 aromatic carbocycles. The molecule has 0 saturated heterocycles. The summed E-state index contributed by atoms with van der Waals surface area (Å²) >= 11 is 13.1. The van der Waals surface area contributed by atoms with E-state index in [-0.39, 0.29) is 0 Å². The Morgan fingerprint density at radius 2 is 2.15 bits per heavy atom. The second kappa shape index (κ2) is 4.48. The Labute approximate surface area is 99.3 Å². The molecular formula is C8H5Cl2IO2. The molecule has 0 amide bonds. The van der Waals surface area contributed by atoms with Gasteiger partial charge in [-0.1, -0.05) is 11.6 Å². The smallest absolute Gasteiger partial charge is 0.253 e. The van der Waals surface area contributed by atoms with Crippen molar-refractivity contribution < 1.29 is 9.53 Å². The molecule has 0 aliphatic rings. The van der Waals surface area contributed by atoms with Gasteiger partial charge in [-0.3, -0.25) is 4.79 Å². The highest BCUT2D eigenvalue weighted by Gasteiger charge is 2.11. The van der Waals surface area contributed by atoms with E-state index in [1.165, 1.54) is 7.11 Å². The predicted octanol–water partition coefficient (Wildman–Crippen LogP) is 3.33. The number of halogens is 3. The summed E-state index contributed by atoms with van der Waals surface area (Å²) in [6.45, 7) is 0. The maximum Gasteiger partial charge on any atom is 0.253 e. The number of hydrogen-bond donors (Lipinski definition) is 0. The van der Waals surface area contributed by atoms with Crippen molar-refractivity contribution in [3.05, 3.63) is 26.3 Å². The van der Waals surface area contributed by atoms with Crippen LogP contribution in [0.15, 0.2) is 12.1 Å². The summed E-state index contributed by atoms with van der Waals surface area (Å²) in [5.41, 5.74) is 0.300. The Morgan fingerprint density at radius 3 is 2.62 bits per heavy atom.